The Morgan fingerprint density at radius 3 is 2.94 bits per heavy atom. The maximum absolute atomic E-state index is 8.93. The first-order chi connectivity index (χ1) is 8.17. The number of pyridine rings is 1. The van der Waals surface area contributed by atoms with E-state index in [1.54, 1.807) is 12.4 Å². The zero-order chi connectivity index (χ0) is 12.7. The van der Waals surface area contributed by atoms with Gasteiger partial charge in [-0.05, 0) is 26.0 Å². The number of nitrogens with zero attached hydrogens (tertiary/aromatic N) is 2. The van der Waals surface area contributed by atoms with Crippen LogP contribution in [0.1, 0.15) is 12.6 Å². The average Bonchev–Trinajstić information content (AvgIpc) is 2.32. The molecule has 0 aromatic carbocycles. The van der Waals surface area contributed by atoms with Gasteiger partial charge in [0, 0.05) is 11.9 Å². The second-order valence-corrected chi connectivity index (χ2v) is 3.36. The van der Waals surface area contributed by atoms with E-state index < -0.39 is 0 Å². The summed E-state index contributed by atoms with van der Waals surface area (Å²) in [5.74, 6) is 0.363. The van der Waals surface area contributed by atoms with Crippen LogP contribution in [0, 0.1) is 18.3 Å². The number of ether oxygens (including phenoxy) is 1. The highest BCUT2D eigenvalue weighted by molar-refractivity contribution is 5.48. The second-order valence-electron chi connectivity index (χ2n) is 3.36. The Labute approximate surface area is 101 Å². The molecule has 0 aliphatic rings. The van der Waals surface area contributed by atoms with Crippen LogP contribution in [0.25, 0.3) is 0 Å². The molecular weight excluding hydrogens is 214 g/mol. The molecule has 1 rings (SSSR count). The van der Waals surface area contributed by atoms with Crippen molar-refractivity contribution < 1.29 is 4.74 Å². The highest BCUT2D eigenvalue weighted by Gasteiger charge is 2.01. The zero-order valence-corrected chi connectivity index (χ0v) is 10.0. The van der Waals surface area contributed by atoms with Crippen LogP contribution in [0.4, 0.5) is 5.69 Å². The Bertz CT molecular complexity index is 455. The van der Waals surface area contributed by atoms with Gasteiger partial charge in [0.05, 0.1) is 18.5 Å². The van der Waals surface area contributed by atoms with E-state index in [2.05, 4.69) is 16.9 Å². The van der Waals surface area contributed by atoms with Crippen molar-refractivity contribution in [1.29, 1.82) is 5.26 Å². The molecular formula is C13H15N3O. The monoisotopic (exact) mass is 229 g/mol. The fourth-order valence-corrected chi connectivity index (χ4v) is 1.14. The Kier molecular flexibility index (Phi) is 4.77. The van der Waals surface area contributed by atoms with Gasteiger partial charge in [0.2, 0.25) is 0 Å². The summed E-state index contributed by atoms with van der Waals surface area (Å²) in [6.45, 7) is 7.92. The van der Waals surface area contributed by atoms with Crippen molar-refractivity contribution in [2.45, 2.75) is 13.8 Å². The van der Waals surface area contributed by atoms with Gasteiger partial charge in [-0.1, -0.05) is 6.58 Å². The molecule has 0 amide bonds. The van der Waals surface area contributed by atoms with E-state index in [1.807, 2.05) is 32.0 Å². The predicted molar refractivity (Wildman–Crippen MR) is 67.1 cm³/mol. The lowest BCUT2D eigenvalue weighted by Gasteiger charge is -2.06. The van der Waals surface area contributed by atoms with E-state index in [-0.39, 0.29) is 0 Å². The zero-order valence-electron chi connectivity index (χ0n) is 10.0. The summed E-state index contributed by atoms with van der Waals surface area (Å²) in [7, 11) is 0. The van der Waals surface area contributed by atoms with Gasteiger partial charge in [-0.3, -0.25) is 4.98 Å². The largest absolute Gasteiger partial charge is 0.493 e. The van der Waals surface area contributed by atoms with Gasteiger partial charge in [-0.2, -0.15) is 5.26 Å². The maximum Gasteiger partial charge on any atom is 0.131 e. The molecule has 0 aliphatic heterocycles. The third-order valence-corrected chi connectivity index (χ3v) is 2.03. The quantitative estimate of drug-likeness (QED) is 0.479. The molecule has 4 nitrogen and oxygen atoms in total. The van der Waals surface area contributed by atoms with Crippen molar-refractivity contribution in [3.05, 3.63) is 48.1 Å². The van der Waals surface area contributed by atoms with Crippen LogP contribution in [0.3, 0.4) is 0 Å². The minimum absolute atomic E-state index is 0.363. The summed E-state index contributed by atoms with van der Waals surface area (Å²) in [4.78, 5) is 4.14. The second kappa shape index (κ2) is 6.33. The summed E-state index contributed by atoms with van der Waals surface area (Å²) >= 11 is 0. The predicted octanol–water partition coefficient (Wildman–Crippen LogP) is 2.76. The third-order valence-electron chi connectivity index (χ3n) is 2.03. The number of rotatable bonds is 5. The Balaban J connectivity index is 2.71. The van der Waals surface area contributed by atoms with E-state index >= 15 is 0 Å². The van der Waals surface area contributed by atoms with Crippen LogP contribution in [-0.4, -0.2) is 11.6 Å². The molecule has 1 aromatic heterocycles. The van der Waals surface area contributed by atoms with E-state index in [9.17, 15) is 0 Å². The number of hydrogen-bond acceptors (Lipinski definition) is 4. The molecule has 0 radical (unpaired) electrons. The molecule has 0 bridgehead atoms. The highest BCUT2D eigenvalue weighted by Crippen LogP contribution is 2.10. The lowest BCUT2D eigenvalue weighted by molar-refractivity contribution is 0.241. The van der Waals surface area contributed by atoms with Crippen LogP contribution < -0.4 is 5.32 Å². The van der Waals surface area contributed by atoms with Gasteiger partial charge >= 0.3 is 0 Å². The Morgan fingerprint density at radius 2 is 2.41 bits per heavy atom. The topological polar surface area (TPSA) is 57.9 Å². The average molecular weight is 229 g/mol. The lowest BCUT2D eigenvalue weighted by atomic mass is 10.3. The Hall–Kier alpha value is -2.28. The van der Waals surface area contributed by atoms with Crippen molar-refractivity contribution in [2.75, 3.05) is 11.9 Å². The first-order valence-electron chi connectivity index (χ1n) is 5.29. The van der Waals surface area contributed by atoms with Crippen molar-refractivity contribution in [3.8, 4) is 6.07 Å². The standard InChI is InChI=1S/C13H15N3O/c1-4-17-11(3)12(7-14)8-16-13-6-5-10(2)15-9-13/h5-6,8-9,16H,3-4H2,1-2H3/b12-8-. The summed E-state index contributed by atoms with van der Waals surface area (Å²) in [5, 5.41) is 11.9. The SMILES string of the molecule is C=C(OCC)/C(C#N)=C\Nc1ccc(C)nc1. The lowest BCUT2D eigenvalue weighted by Crippen LogP contribution is -1.97. The molecule has 17 heavy (non-hydrogen) atoms. The highest BCUT2D eigenvalue weighted by atomic mass is 16.5. The number of aromatic nitrogens is 1. The minimum Gasteiger partial charge on any atom is -0.493 e. The maximum atomic E-state index is 8.93. The van der Waals surface area contributed by atoms with E-state index in [0.717, 1.165) is 11.4 Å². The molecule has 4 heteroatoms. The molecule has 0 saturated heterocycles. The minimum atomic E-state index is 0.363. The van der Waals surface area contributed by atoms with E-state index in [4.69, 9.17) is 10.00 Å². The van der Waals surface area contributed by atoms with Gasteiger partial charge in [0.15, 0.2) is 0 Å². The normalized spacial score (nSPS) is 10.5. The fraction of sp³-hybridized carbons (Fsp3) is 0.231. The number of anilines is 1. The van der Waals surface area contributed by atoms with Crippen LogP contribution in [0.15, 0.2) is 42.4 Å². The molecule has 1 N–H and O–H groups in total. The molecule has 0 unspecified atom stereocenters. The smallest absolute Gasteiger partial charge is 0.131 e. The van der Waals surface area contributed by atoms with Crippen molar-refractivity contribution in [1.82, 2.24) is 4.98 Å². The molecule has 0 atom stereocenters. The summed E-state index contributed by atoms with van der Waals surface area (Å²) in [6, 6.07) is 5.80. The van der Waals surface area contributed by atoms with Crippen LogP contribution in [0.2, 0.25) is 0 Å². The van der Waals surface area contributed by atoms with Gasteiger partial charge in [-0.15, -0.1) is 0 Å². The number of hydrogen-bond donors (Lipinski definition) is 1. The number of nitriles is 1. The van der Waals surface area contributed by atoms with Gasteiger partial charge < -0.3 is 10.1 Å². The summed E-state index contributed by atoms with van der Waals surface area (Å²) in [5.41, 5.74) is 2.12. The fourth-order valence-electron chi connectivity index (χ4n) is 1.14. The molecule has 0 aliphatic carbocycles. The van der Waals surface area contributed by atoms with Gasteiger partial charge in [0.1, 0.15) is 17.4 Å². The molecule has 88 valence electrons. The Morgan fingerprint density at radius 1 is 1.65 bits per heavy atom. The van der Waals surface area contributed by atoms with Gasteiger partial charge in [-0.25, -0.2) is 0 Å². The molecule has 1 heterocycles. The van der Waals surface area contributed by atoms with E-state index in [1.165, 1.54) is 0 Å². The first-order valence-corrected chi connectivity index (χ1v) is 5.29. The number of aryl methyl sites for hydroxylation is 1. The van der Waals surface area contributed by atoms with Crippen LogP contribution in [-0.2, 0) is 4.74 Å². The third kappa shape index (κ3) is 3.99. The number of allylic oxidation sites excluding steroid dienone is 1. The summed E-state index contributed by atoms with van der Waals surface area (Å²) < 4.78 is 5.16. The van der Waals surface area contributed by atoms with E-state index in [0.29, 0.717) is 17.9 Å². The van der Waals surface area contributed by atoms with Gasteiger partial charge in [0.25, 0.3) is 0 Å². The van der Waals surface area contributed by atoms with Crippen molar-refractivity contribution >= 4 is 5.69 Å². The number of nitrogens with one attached hydrogen (secondary N) is 1. The van der Waals surface area contributed by atoms with Crippen LogP contribution in [0.5, 0.6) is 0 Å². The summed E-state index contributed by atoms with van der Waals surface area (Å²) in [6.07, 6.45) is 3.26. The van der Waals surface area contributed by atoms with Crippen molar-refractivity contribution in [3.63, 3.8) is 0 Å². The van der Waals surface area contributed by atoms with Crippen molar-refractivity contribution in [2.24, 2.45) is 0 Å². The van der Waals surface area contributed by atoms with Crippen LogP contribution >= 0.6 is 0 Å². The first kappa shape index (κ1) is 12.8. The molecule has 0 fully saturated rings. The molecule has 1 aromatic rings. The molecule has 0 saturated carbocycles. The molecule has 0 spiro atoms.